The van der Waals surface area contributed by atoms with Crippen molar-refractivity contribution in [3.8, 4) is 10.7 Å². The highest BCUT2D eigenvalue weighted by molar-refractivity contribution is 7.19. The molecule has 0 fully saturated rings. The lowest BCUT2D eigenvalue weighted by Gasteiger charge is -2.11. The molecular formula is C14H12F3N3S. The predicted octanol–water partition coefficient (Wildman–Crippen LogP) is 4.22. The Kier molecular flexibility index (Phi) is 3.16. The number of nitrogens with two attached hydrogens (primary N) is 1. The van der Waals surface area contributed by atoms with Crippen LogP contribution in [-0.4, -0.2) is 15.7 Å². The first-order valence-electron chi connectivity index (χ1n) is 6.23. The largest absolute Gasteiger partial charge is 0.406 e. The average Bonchev–Trinajstić information content (AvgIpc) is 2.89. The van der Waals surface area contributed by atoms with Gasteiger partial charge in [0.15, 0.2) is 5.82 Å². The van der Waals surface area contributed by atoms with Gasteiger partial charge in [0.1, 0.15) is 6.54 Å². The summed E-state index contributed by atoms with van der Waals surface area (Å²) in [7, 11) is 0. The van der Waals surface area contributed by atoms with Crippen molar-refractivity contribution in [3.05, 3.63) is 35.9 Å². The first-order valence-corrected chi connectivity index (χ1v) is 7.05. The quantitative estimate of drug-likeness (QED) is 0.770. The number of fused-ring (bicyclic) bond motifs is 1. The van der Waals surface area contributed by atoms with Crippen molar-refractivity contribution in [2.45, 2.75) is 19.6 Å². The van der Waals surface area contributed by atoms with Gasteiger partial charge in [0.05, 0.1) is 20.9 Å². The normalized spacial score (nSPS) is 12.2. The van der Waals surface area contributed by atoms with Crippen molar-refractivity contribution >= 4 is 27.4 Å². The average molecular weight is 311 g/mol. The Hall–Kier alpha value is -2.02. The standard InChI is InChI=1S/C14H12F3N3S/c1-8-6-11(18)21-12(8)13-19-9-4-2-3-5-10(9)20(13)7-14(15,16)17/h2-6H,7,18H2,1H3. The molecule has 0 aliphatic rings. The monoisotopic (exact) mass is 311 g/mol. The number of aryl methyl sites for hydroxylation is 1. The van der Waals surface area contributed by atoms with Crippen LogP contribution in [0.3, 0.4) is 0 Å². The molecule has 0 atom stereocenters. The minimum Gasteiger partial charge on any atom is -0.391 e. The van der Waals surface area contributed by atoms with Gasteiger partial charge in [0, 0.05) is 0 Å². The van der Waals surface area contributed by atoms with Crippen LogP contribution in [0.25, 0.3) is 21.7 Å². The third-order valence-electron chi connectivity index (χ3n) is 3.13. The van der Waals surface area contributed by atoms with Gasteiger partial charge in [0.25, 0.3) is 0 Å². The van der Waals surface area contributed by atoms with Gasteiger partial charge in [-0.25, -0.2) is 4.98 Å². The van der Waals surface area contributed by atoms with E-state index in [0.29, 0.717) is 26.7 Å². The first-order chi connectivity index (χ1) is 9.85. The number of nitrogens with zero attached hydrogens (tertiary/aromatic N) is 2. The lowest BCUT2D eigenvalue weighted by molar-refractivity contribution is -0.139. The van der Waals surface area contributed by atoms with Gasteiger partial charge in [-0.05, 0) is 30.7 Å². The fourth-order valence-electron chi connectivity index (χ4n) is 2.32. The Balaban J connectivity index is 2.26. The van der Waals surface area contributed by atoms with E-state index in [1.54, 1.807) is 30.3 Å². The third-order valence-corrected chi connectivity index (χ3v) is 4.19. The number of benzene rings is 1. The van der Waals surface area contributed by atoms with Crippen molar-refractivity contribution in [3.63, 3.8) is 0 Å². The topological polar surface area (TPSA) is 43.8 Å². The lowest BCUT2D eigenvalue weighted by atomic mass is 10.3. The Bertz CT molecular complexity index is 801. The molecule has 21 heavy (non-hydrogen) atoms. The van der Waals surface area contributed by atoms with E-state index in [4.69, 9.17) is 5.73 Å². The van der Waals surface area contributed by atoms with Gasteiger partial charge in [-0.2, -0.15) is 13.2 Å². The van der Waals surface area contributed by atoms with Crippen LogP contribution in [0.5, 0.6) is 0 Å². The number of rotatable bonds is 2. The second-order valence-corrected chi connectivity index (χ2v) is 5.87. The van der Waals surface area contributed by atoms with Crippen LogP contribution < -0.4 is 5.73 Å². The number of hydrogen-bond donors (Lipinski definition) is 1. The Morgan fingerprint density at radius 3 is 2.62 bits per heavy atom. The molecule has 0 spiro atoms. The van der Waals surface area contributed by atoms with Crippen molar-refractivity contribution < 1.29 is 13.2 Å². The molecule has 0 unspecified atom stereocenters. The molecule has 2 heterocycles. The van der Waals surface area contributed by atoms with Gasteiger partial charge in [-0.3, -0.25) is 0 Å². The van der Waals surface area contributed by atoms with Crippen LogP contribution >= 0.6 is 11.3 Å². The summed E-state index contributed by atoms with van der Waals surface area (Å²) < 4.78 is 39.8. The van der Waals surface area contributed by atoms with E-state index in [0.717, 1.165) is 5.56 Å². The molecule has 3 nitrogen and oxygen atoms in total. The highest BCUT2D eigenvalue weighted by Crippen LogP contribution is 2.36. The second-order valence-electron chi connectivity index (χ2n) is 4.79. The zero-order valence-electron chi connectivity index (χ0n) is 11.1. The Labute approximate surface area is 122 Å². The van der Waals surface area contributed by atoms with Gasteiger partial charge >= 0.3 is 6.18 Å². The van der Waals surface area contributed by atoms with Crippen molar-refractivity contribution in [2.24, 2.45) is 0 Å². The van der Waals surface area contributed by atoms with Crippen LogP contribution in [0.4, 0.5) is 18.2 Å². The van der Waals surface area contributed by atoms with E-state index in [2.05, 4.69) is 4.98 Å². The van der Waals surface area contributed by atoms with E-state index in [-0.39, 0.29) is 0 Å². The van der Waals surface area contributed by atoms with Crippen LogP contribution in [0.1, 0.15) is 5.56 Å². The minimum absolute atomic E-state index is 0.313. The molecule has 0 bridgehead atoms. The summed E-state index contributed by atoms with van der Waals surface area (Å²) >= 11 is 1.25. The fourth-order valence-corrected chi connectivity index (χ4v) is 3.26. The van der Waals surface area contributed by atoms with Crippen LogP contribution in [0.15, 0.2) is 30.3 Å². The van der Waals surface area contributed by atoms with Crippen molar-refractivity contribution in [1.29, 1.82) is 0 Å². The highest BCUT2D eigenvalue weighted by Gasteiger charge is 2.31. The molecule has 110 valence electrons. The predicted molar refractivity (Wildman–Crippen MR) is 78.3 cm³/mol. The summed E-state index contributed by atoms with van der Waals surface area (Å²) in [5.41, 5.74) is 7.59. The number of aromatic nitrogens is 2. The second kappa shape index (κ2) is 4.77. The van der Waals surface area contributed by atoms with Crippen LogP contribution in [-0.2, 0) is 6.54 Å². The van der Waals surface area contributed by atoms with E-state index in [9.17, 15) is 13.2 Å². The SMILES string of the molecule is Cc1cc(N)sc1-c1nc2ccccc2n1CC(F)(F)F. The molecule has 7 heteroatoms. The molecule has 0 aliphatic heterocycles. The number of alkyl halides is 3. The molecule has 0 amide bonds. The van der Waals surface area contributed by atoms with E-state index >= 15 is 0 Å². The maximum atomic E-state index is 12.9. The third kappa shape index (κ3) is 2.61. The maximum absolute atomic E-state index is 12.9. The molecule has 0 radical (unpaired) electrons. The summed E-state index contributed by atoms with van der Waals surface area (Å²) in [6, 6.07) is 8.56. The highest BCUT2D eigenvalue weighted by atomic mass is 32.1. The molecule has 0 saturated heterocycles. The van der Waals surface area contributed by atoms with Crippen molar-refractivity contribution in [1.82, 2.24) is 9.55 Å². The molecule has 3 aromatic rings. The number of hydrogen-bond acceptors (Lipinski definition) is 3. The molecule has 0 aliphatic carbocycles. The number of para-hydroxylation sites is 2. The number of halogens is 3. The van der Waals surface area contributed by atoms with Gasteiger partial charge in [-0.1, -0.05) is 12.1 Å². The van der Waals surface area contributed by atoms with E-state index in [1.165, 1.54) is 15.9 Å². The number of anilines is 1. The number of imidazole rings is 1. The lowest BCUT2D eigenvalue weighted by Crippen LogP contribution is -2.18. The maximum Gasteiger partial charge on any atom is 0.406 e. The van der Waals surface area contributed by atoms with Gasteiger partial charge in [-0.15, -0.1) is 11.3 Å². The molecule has 0 saturated carbocycles. The van der Waals surface area contributed by atoms with Crippen LogP contribution in [0, 0.1) is 6.92 Å². The zero-order valence-corrected chi connectivity index (χ0v) is 11.9. The van der Waals surface area contributed by atoms with Crippen LogP contribution in [0.2, 0.25) is 0 Å². The summed E-state index contributed by atoms with van der Waals surface area (Å²) in [4.78, 5) is 5.03. The summed E-state index contributed by atoms with van der Waals surface area (Å²) in [5, 5.41) is 0.563. The Morgan fingerprint density at radius 1 is 1.29 bits per heavy atom. The van der Waals surface area contributed by atoms with E-state index < -0.39 is 12.7 Å². The minimum atomic E-state index is -4.31. The molecule has 3 rings (SSSR count). The molecule has 2 aromatic heterocycles. The molecule has 1 aromatic carbocycles. The van der Waals surface area contributed by atoms with Gasteiger partial charge < -0.3 is 10.3 Å². The van der Waals surface area contributed by atoms with E-state index in [1.807, 2.05) is 6.92 Å². The summed E-state index contributed by atoms with van der Waals surface area (Å²) in [6.45, 7) is 0.750. The Morgan fingerprint density at radius 2 is 2.00 bits per heavy atom. The molecule has 2 N–H and O–H groups in total. The van der Waals surface area contributed by atoms with Gasteiger partial charge in [0.2, 0.25) is 0 Å². The summed E-state index contributed by atoms with van der Waals surface area (Å²) in [6.07, 6.45) is -4.31. The summed E-state index contributed by atoms with van der Waals surface area (Å²) in [5.74, 6) is 0.313. The number of nitrogen functional groups attached to an aromatic ring is 1. The fraction of sp³-hybridized carbons (Fsp3) is 0.214. The molecular weight excluding hydrogens is 299 g/mol. The first kappa shape index (κ1) is 13.9. The zero-order chi connectivity index (χ0) is 15.2. The van der Waals surface area contributed by atoms with Crippen molar-refractivity contribution in [2.75, 3.05) is 5.73 Å². The number of thiophene rings is 1. The smallest absolute Gasteiger partial charge is 0.391 e.